The molecule has 0 fully saturated rings. The van der Waals surface area contributed by atoms with Crippen molar-refractivity contribution in [2.24, 2.45) is 0 Å². The molecule has 0 aromatic rings. The molecule has 16 nitrogen and oxygen atoms in total. The van der Waals surface area contributed by atoms with Crippen LogP contribution in [0.15, 0.2) is 122 Å². The Morgan fingerprint density at radius 2 is 0.515 bits per heavy atom. The predicted molar refractivity (Wildman–Crippen MR) is 427 cm³/mol. The molecule has 0 amide bonds. The molecule has 0 saturated heterocycles. The number of esters is 3. The molecule has 5 unspecified atom stereocenters. The number of phosphoric acid groups is 2. The van der Waals surface area contributed by atoms with E-state index in [1.807, 2.05) is 0 Å². The minimum absolute atomic E-state index is 0.106. The Morgan fingerprint density at radius 1 is 0.282 bits per heavy atom. The summed E-state index contributed by atoms with van der Waals surface area (Å²) in [5.41, 5.74) is 0. The van der Waals surface area contributed by atoms with Crippen LogP contribution in [-0.4, -0.2) is 95.9 Å². The van der Waals surface area contributed by atoms with Crippen molar-refractivity contribution >= 4 is 33.6 Å². The summed E-state index contributed by atoms with van der Waals surface area (Å²) >= 11 is 0. The molecule has 0 aliphatic carbocycles. The summed E-state index contributed by atoms with van der Waals surface area (Å²) in [6, 6.07) is 0. The number of hydrogen-bond acceptors (Lipinski definition) is 14. The lowest BCUT2D eigenvalue weighted by molar-refractivity contribution is -0.161. The van der Waals surface area contributed by atoms with Crippen LogP contribution in [0.4, 0.5) is 0 Å². The topological polar surface area (TPSA) is 231 Å². The van der Waals surface area contributed by atoms with Crippen LogP contribution in [0.2, 0.25) is 0 Å². The lowest BCUT2D eigenvalue weighted by Gasteiger charge is -2.21. The van der Waals surface area contributed by atoms with E-state index in [9.17, 15) is 43.5 Å². The molecule has 0 radical (unpaired) electrons. The van der Waals surface area contributed by atoms with Crippen molar-refractivity contribution in [2.45, 2.75) is 360 Å². The standard InChI is InChI=1S/C85H148O16P2/c1-4-7-10-13-16-19-22-25-28-30-32-34-36-38-39-41-43-44-46-48-51-53-56-59-62-65-68-71-83(88)95-74-80(86)75-97-102(91,92)98-76-81(87)77-99-103(93,94)100-79-82(101-85(90)73-70-67-64-61-58-55-50-27-24-21-18-15-12-9-6-3)78-96-84(89)72-69-66-63-60-57-54-52-49-47-45-42-40-37-35-33-31-29-26-23-20-17-14-11-8-5-2/h7-8,10-11,16-17,19-20,25-26,28-29,32-35,38-40,42,80-82,86-87H,4-6,9,12-15,18,21-24,27,30-31,36-37,41,43-79H2,1-3H3,(H,91,92)(H,93,94)/b10-7-,11-8-,19-16-,20-17-,28-25-,29-26-,34-32-,35-33-,39-38-,42-40-. The first-order valence-corrected chi connectivity index (χ1v) is 43.8. The van der Waals surface area contributed by atoms with Gasteiger partial charge >= 0.3 is 33.6 Å². The lowest BCUT2D eigenvalue weighted by atomic mass is 10.0. The first kappa shape index (κ1) is 98.9. The minimum Gasteiger partial charge on any atom is -0.463 e. The highest BCUT2D eigenvalue weighted by atomic mass is 31.2. The Bertz CT molecular complexity index is 2360. The minimum atomic E-state index is -4.93. The number of aliphatic hydroxyl groups is 2. The van der Waals surface area contributed by atoms with Crippen LogP contribution < -0.4 is 0 Å². The maximum absolute atomic E-state index is 13.0. The van der Waals surface area contributed by atoms with Crippen molar-refractivity contribution in [3.05, 3.63) is 122 Å². The van der Waals surface area contributed by atoms with E-state index in [2.05, 4.69) is 142 Å². The van der Waals surface area contributed by atoms with Gasteiger partial charge in [-0.3, -0.25) is 32.5 Å². The van der Waals surface area contributed by atoms with Crippen molar-refractivity contribution in [1.29, 1.82) is 0 Å². The molecule has 0 spiro atoms. The van der Waals surface area contributed by atoms with Crippen LogP contribution in [0.3, 0.4) is 0 Å². The fourth-order valence-corrected chi connectivity index (χ4v) is 12.6. The average Bonchev–Trinajstić information content (AvgIpc) is 0.922. The maximum atomic E-state index is 13.0. The lowest BCUT2D eigenvalue weighted by Crippen LogP contribution is -2.30. The number of unbranched alkanes of at least 4 members (excludes halogenated alkanes) is 34. The highest BCUT2D eigenvalue weighted by Gasteiger charge is 2.29. The number of ether oxygens (including phenoxy) is 3. The smallest absolute Gasteiger partial charge is 0.463 e. The fraction of sp³-hybridized carbons (Fsp3) is 0.729. The fourth-order valence-electron chi connectivity index (χ4n) is 11.0. The normalized spacial score (nSPS) is 14.6. The molecule has 0 heterocycles. The molecule has 0 rings (SSSR count). The first-order chi connectivity index (χ1) is 50.2. The third-order valence-corrected chi connectivity index (χ3v) is 19.1. The molecule has 5 atom stereocenters. The van der Waals surface area contributed by atoms with E-state index in [4.69, 9.17) is 32.3 Å². The zero-order valence-electron chi connectivity index (χ0n) is 65.0. The van der Waals surface area contributed by atoms with Gasteiger partial charge in [0.05, 0.1) is 26.4 Å². The summed E-state index contributed by atoms with van der Waals surface area (Å²) in [7, 11) is -9.79. The van der Waals surface area contributed by atoms with Crippen molar-refractivity contribution in [3.63, 3.8) is 0 Å². The van der Waals surface area contributed by atoms with Gasteiger partial charge in [-0.2, -0.15) is 0 Å². The van der Waals surface area contributed by atoms with E-state index in [1.54, 1.807) is 0 Å². The maximum Gasteiger partial charge on any atom is 0.472 e. The highest BCUT2D eigenvalue weighted by Crippen LogP contribution is 2.45. The second-order valence-electron chi connectivity index (χ2n) is 27.2. The molecule has 594 valence electrons. The van der Waals surface area contributed by atoms with Gasteiger partial charge in [0.25, 0.3) is 0 Å². The molecule has 0 aromatic heterocycles. The first-order valence-electron chi connectivity index (χ1n) is 40.8. The zero-order chi connectivity index (χ0) is 75.2. The molecule has 18 heteroatoms. The van der Waals surface area contributed by atoms with Gasteiger partial charge in [0.15, 0.2) is 6.10 Å². The van der Waals surface area contributed by atoms with Crippen LogP contribution >= 0.6 is 15.6 Å². The third-order valence-electron chi connectivity index (χ3n) is 17.2. The van der Waals surface area contributed by atoms with Crippen molar-refractivity contribution < 1.29 is 75.8 Å². The second-order valence-corrected chi connectivity index (χ2v) is 30.1. The van der Waals surface area contributed by atoms with Gasteiger partial charge in [-0.25, -0.2) is 9.13 Å². The van der Waals surface area contributed by atoms with E-state index in [0.717, 1.165) is 148 Å². The number of hydrogen-bond donors (Lipinski definition) is 4. The third kappa shape index (κ3) is 78.8. The number of aliphatic hydroxyl groups excluding tert-OH is 2. The zero-order valence-corrected chi connectivity index (χ0v) is 66.7. The summed E-state index contributed by atoms with van der Waals surface area (Å²) < 4.78 is 61.2. The van der Waals surface area contributed by atoms with Crippen LogP contribution in [-0.2, 0) is 55.8 Å². The van der Waals surface area contributed by atoms with Crippen molar-refractivity contribution in [1.82, 2.24) is 0 Å². The summed E-state index contributed by atoms with van der Waals surface area (Å²) in [4.78, 5) is 58.7. The average molecular weight is 1490 g/mol. The Kier molecular flexibility index (Phi) is 74.5. The number of carbonyl (C=O) groups excluding carboxylic acids is 3. The van der Waals surface area contributed by atoms with Gasteiger partial charge in [0.2, 0.25) is 0 Å². The molecular weight excluding hydrogens is 1340 g/mol. The van der Waals surface area contributed by atoms with Gasteiger partial charge in [0, 0.05) is 19.3 Å². The Labute approximate surface area is 627 Å². The van der Waals surface area contributed by atoms with E-state index in [-0.39, 0.29) is 19.3 Å². The Balaban J connectivity index is 4.56. The van der Waals surface area contributed by atoms with Crippen molar-refractivity contribution in [3.8, 4) is 0 Å². The summed E-state index contributed by atoms with van der Waals surface area (Å²) in [5.74, 6) is -1.57. The monoisotopic (exact) mass is 1490 g/mol. The quantitative estimate of drug-likeness (QED) is 0.0146. The molecule has 4 N–H and O–H groups in total. The SMILES string of the molecule is CC/C=C\C/C=C\C/C=C\C/C=C\C/C=C\CCCCCCCCCCCCCC(=O)OCC(O)COP(=O)(O)OCC(O)COP(=O)(O)OCC(COC(=O)CCCCCCCCCCC/C=C\C/C=C\C/C=C\C/C=C\C/C=C\CC)OC(=O)CCCCCCCCCCCCCCCCC. The number of phosphoric ester groups is 2. The molecule has 0 bridgehead atoms. The van der Waals surface area contributed by atoms with Gasteiger partial charge in [0.1, 0.15) is 25.4 Å². The van der Waals surface area contributed by atoms with Gasteiger partial charge in [-0.05, 0) is 109 Å². The van der Waals surface area contributed by atoms with Crippen LogP contribution in [0.5, 0.6) is 0 Å². The van der Waals surface area contributed by atoms with E-state index >= 15 is 0 Å². The molecule has 103 heavy (non-hydrogen) atoms. The molecule has 0 aliphatic heterocycles. The Hall–Kier alpha value is -4.05. The number of carbonyl (C=O) groups is 3. The van der Waals surface area contributed by atoms with Crippen LogP contribution in [0.1, 0.15) is 342 Å². The molecule has 0 aromatic carbocycles. The summed E-state index contributed by atoms with van der Waals surface area (Å²) in [6.45, 7) is 2.49. The Morgan fingerprint density at radius 3 is 0.816 bits per heavy atom. The summed E-state index contributed by atoms with van der Waals surface area (Å²) in [6.07, 6.45) is 92.4. The van der Waals surface area contributed by atoms with E-state index < -0.39 is 91.5 Å². The van der Waals surface area contributed by atoms with Gasteiger partial charge in [-0.15, -0.1) is 0 Å². The highest BCUT2D eigenvalue weighted by molar-refractivity contribution is 7.47. The molecule has 0 aliphatic rings. The second kappa shape index (κ2) is 77.6. The summed E-state index contributed by atoms with van der Waals surface area (Å²) in [5, 5.41) is 20.7. The van der Waals surface area contributed by atoms with E-state index in [1.165, 1.54) is 135 Å². The largest absolute Gasteiger partial charge is 0.472 e. The molecular formula is C85H148O16P2. The van der Waals surface area contributed by atoms with Crippen molar-refractivity contribution in [2.75, 3.05) is 39.6 Å². The number of allylic oxidation sites excluding steroid dienone is 20. The molecule has 0 saturated carbocycles. The van der Waals surface area contributed by atoms with Crippen LogP contribution in [0.25, 0.3) is 0 Å². The van der Waals surface area contributed by atoms with Gasteiger partial charge < -0.3 is 34.2 Å². The van der Waals surface area contributed by atoms with Crippen LogP contribution in [0, 0.1) is 0 Å². The predicted octanol–water partition coefficient (Wildman–Crippen LogP) is 24.1. The van der Waals surface area contributed by atoms with Gasteiger partial charge in [-0.1, -0.05) is 335 Å². The number of rotatable bonds is 77. The van der Waals surface area contributed by atoms with E-state index in [0.29, 0.717) is 19.3 Å².